The van der Waals surface area contributed by atoms with E-state index in [1.807, 2.05) is 65.8 Å². The molecule has 5 N–H and O–H groups in total. The van der Waals surface area contributed by atoms with E-state index in [2.05, 4.69) is 5.32 Å². The summed E-state index contributed by atoms with van der Waals surface area (Å²) in [6.45, 7) is 1.35. The van der Waals surface area contributed by atoms with E-state index in [-0.39, 0.29) is 0 Å². The SMILES string of the molecule is COc1ccc([C@H]2N=C3SC=C(c4ccc(C)cc4)N3[C@@H]([C@H](O)[C@H](O)[C@H](O)CO)N2)cc1. The number of aliphatic hydroxyl groups is 4. The fraction of sp³-hybridized carbons (Fsp3) is 0.348. The molecule has 9 heteroatoms. The number of rotatable bonds is 7. The van der Waals surface area contributed by atoms with Crippen molar-refractivity contribution in [1.82, 2.24) is 10.2 Å². The number of aliphatic imine (C=N–C) groups is 1. The van der Waals surface area contributed by atoms with Crippen LogP contribution >= 0.6 is 11.8 Å². The van der Waals surface area contributed by atoms with Crippen molar-refractivity contribution in [2.24, 2.45) is 4.99 Å². The number of fused-ring (bicyclic) bond motifs is 1. The lowest BCUT2D eigenvalue weighted by Gasteiger charge is -2.42. The molecule has 0 bridgehead atoms. The second-order valence-corrected chi connectivity index (χ2v) is 8.62. The first-order valence-electron chi connectivity index (χ1n) is 10.3. The Morgan fingerprint density at radius 1 is 1.09 bits per heavy atom. The minimum absolute atomic E-state index is 0.483. The van der Waals surface area contributed by atoms with E-state index >= 15 is 0 Å². The number of amidine groups is 1. The molecule has 0 saturated heterocycles. The van der Waals surface area contributed by atoms with Gasteiger partial charge in [0.15, 0.2) is 5.17 Å². The highest BCUT2D eigenvalue weighted by Crippen LogP contribution is 2.40. The Morgan fingerprint density at radius 2 is 1.78 bits per heavy atom. The molecule has 0 fully saturated rings. The van der Waals surface area contributed by atoms with E-state index in [4.69, 9.17) is 9.73 Å². The average molecular weight is 458 g/mol. The molecule has 0 spiro atoms. The van der Waals surface area contributed by atoms with Crippen LogP contribution in [-0.2, 0) is 0 Å². The van der Waals surface area contributed by atoms with Crippen molar-refractivity contribution >= 4 is 22.6 Å². The van der Waals surface area contributed by atoms with Gasteiger partial charge in [-0.25, -0.2) is 4.99 Å². The van der Waals surface area contributed by atoms with Gasteiger partial charge < -0.3 is 30.1 Å². The summed E-state index contributed by atoms with van der Waals surface area (Å²) in [5.41, 5.74) is 3.75. The van der Waals surface area contributed by atoms with Crippen molar-refractivity contribution in [3.63, 3.8) is 0 Å². The highest BCUT2D eigenvalue weighted by molar-refractivity contribution is 8.16. The number of ether oxygens (including phenoxy) is 1. The van der Waals surface area contributed by atoms with Crippen LogP contribution in [0.1, 0.15) is 22.9 Å². The van der Waals surface area contributed by atoms with Crippen molar-refractivity contribution < 1.29 is 25.2 Å². The monoisotopic (exact) mass is 457 g/mol. The van der Waals surface area contributed by atoms with Gasteiger partial charge in [-0.2, -0.15) is 0 Å². The zero-order valence-electron chi connectivity index (χ0n) is 17.8. The fourth-order valence-corrected chi connectivity index (χ4v) is 4.69. The summed E-state index contributed by atoms with van der Waals surface area (Å²) in [5.74, 6) is 0.718. The smallest absolute Gasteiger partial charge is 0.171 e. The lowest BCUT2D eigenvalue weighted by molar-refractivity contribution is -0.0988. The molecule has 0 saturated carbocycles. The van der Waals surface area contributed by atoms with Crippen LogP contribution in [0.2, 0.25) is 0 Å². The van der Waals surface area contributed by atoms with E-state index in [9.17, 15) is 20.4 Å². The van der Waals surface area contributed by atoms with Crippen LogP contribution in [0.5, 0.6) is 5.75 Å². The normalized spacial score (nSPS) is 23.1. The van der Waals surface area contributed by atoms with Gasteiger partial charge in [-0.05, 0) is 30.2 Å². The summed E-state index contributed by atoms with van der Waals surface area (Å²) in [5, 5.41) is 46.6. The summed E-state index contributed by atoms with van der Waals surface area (Å²) in [4.78, 5) is 6.64. The predicted octanol–water partition coefficient (Wildman–Crippen LogP) is 1.41. The highest BCUT2D eigenvalue weighted by Gasteiger charge is 2.43. The Labute approximate surface area is 190 Å². The van der Waals surface area contributed by atoms with Crippen LogP contribution in [0.3, 0.4) is 0 Å². The summed E-state index contributed by atoms with van der Waals surface area (Å²) in [7, 11) is 1.60. The maximum absolute atomic E-state index is 11.0. The van der Waals surface area contributed by atoms with Crippen LogP contribution in [0.4, 0.5) is 0 Å². The van der Waals surface area contributed by atoms with Crippen molar-refractivity contribution in [3.8, 4) is 5.75 Å². The van der Waals surface area contributed by atoms with E-state index in [0.29, 0.717) is 5.17 Å². The molecule has 2 aliphatic rings. The number of nitrogens with zero attached hydrogens (tertiary/aromatic N) is 2. The van der Waals surface area contributed by atoms with Crippen molar-refractivity contribution in [2.75, 3.05) is 13.7 Å². The van der Waals surface area contributed by atoms with Crippen LogP contribution in [0.15, 0.2) is 58.9 Å². The Hall–Kier alpha value is -2.40. The number of methoxy groups -OCH3 is 1. The average Bonchev–Trinajstić information content (AvgIpc) is 3.26. The Bertz CT molecular complexity index is 996. The van der Waals surface area contributed by atoms with Crippen LogP contribution < -0.4 is 10.1 Å². The second kappa shape index (κ2) is 9.62. The summed E-state index contributed by atoms with van der Waals surface area (Å²) in [6.07, 6.45) is -5.72. The quantitative estimate of drug-likeness (QED) is 0.424. The van der Waals surface area contributed by atoms with Crippen LogP contribution in [0.25, 0.3) is 5.70 Å². The number of nitrogens with one attached hydrogen (secondary N) is 1. The maximum Gasteiger partial charge on any atom is 0.171 e. The molecule has 0 radical (unpaired) electrons. The van der Waals surface area contributed by atoms with Gasteiger partial charge in [0.25, 0.3) is 0 Å². The third-order valence-electron chi connectivity index (χ3n) is 5.62. The van der Waals surface area contributed by atoms with Gasteiger partial charge in [-0.3, -0.25) is 5.32 Å². The summed E-state index contributed by atoms with van der Waals surface area (Å²) < 4.78 is 5.23. The number of hydrogen-bond donors (Lipinski definition) is 5. The molecule has 32 heavy (non-hydrogen) atoms. The third kappa shape index (κ3) is 4.40. The molecular formula is C23H27N3O5S. The molecule has 4 rings (SSSR count). The molecule has 5 atom stereocenters. The van der Waals surface area contributed by atoms with Crippen molar-refractivity contribution in [2.45, 2.75) is 37.6 Å². The molecule has 0 amide bonds. The molecule has 8 nitrogen and oxygen atoms in total. The summed E-state index contributed by atoms with van der Waals surface area (Å²) >= 11 is 1.43. The van der Waals surface area contributed by atoms with Gasteiger partial charge in [-0.1, -0.05) is 53.7 Å². The molecule has 2 aliphatic heterocycles. The molecule has 2 aromatic carbocycles. The molecule has 2 aromatic rings. The standard InChI is InChI=1S/C23H27N3O5S/c1-13-3-5-14(6-4-13)17-12-32-23-25-21(15-7-9-16(31-2)10-8-15)24-22(26(17)23)20(30)19(29)18(28)11-27/h3-10,12,18-22,24,27-30H,11H2,1-2H3/t18-,19-,20-,21-,22+/m1/s1. The van der Waals surface area contributed by atoms with E-state index in [0.717, 1.165) is 28.1 Å². The molecule has 2 heterocycles. The lowest BCUT2D eigenvalue weighted by atomic mass is 10.0. The summed E-state index contributed by atoms with van der Waals surface area (Å²) in [6, 6.07) is 15.4. The van der Waals surface area contributed by atoms with Crippen LogP contribution in [0, 0.1) is 6.92 Å². The maximum atomic E-state index is 11.0. The first-order valence-corrected chi connectivity index (χ1v) is 11.2. The number of benzene rings is 2. The van der Waals surface area contributed by atoms with Gasteiger partial charge in [0.05, 0.1) is 19.4 Å². The van der Waals surface area contributed by atoms with Gasteiger partial charge >= 0.3 is 0 Å². The van der Waals surface area contributed by atoms with Crippen LogP contribution in [-0.4, -0.2) is 68.7 Å². The predicted molar refractivity (Wildman–Crippen MR) is 124 cm³/mol. The van der Waals surface area contributed by atoms with E-state index in [1.54, 1.807) is 7.11 Å². The zero-order chi connectivity index (χ0) is 22.8. The molecule has 0 unspecified atom stereocenters. The van der Waals surface area contributed by atoms with Crippen molar-refractivity contribution in [1.29, 1.82) is 0 Å². The Morgan fingerprint density at radius 3 is 2.41 bits per heavy atom. The number of aliphatic hydroxyl groups excluding tert-OH is 4. The van der Waals surface area contributed by atoms with Gasteiger partial charge in [-0.15, -0.1) is 0 Å². The lowest BCUT2D eigenvalue weighted by Crippen LogP contribution is -2.61. The van der Waals surface area contributed by atoms with E-state index in [1.165, 1.54) is 11.8 Å². The number of aryl methyl sites for hydroxylation is 1. The van der Waals surface area contributed by atoms with E-state index < -0.39 is 37.3 Å². The Balaban J connectivity index is 1.70. The molecule has 170 valence electrons. The minimum Gasteiger partial charge on any atom is -0.497 e. The fourth-order valence-electron chi connectivity index (χ4n) is 3.73. The number of hydrogen-bond acceptors (Lipinski definition) is 9. The van der Waals surface area contributed by atoms with Crippen molar-refractivity contribution in [3.05, 3.63) is 70.6 Å². The molecular weight excluding hydrogens is 430 g/mol. The van der Waals surface area contributed by atoms with Gasteiger partial charge in [0.2, 0.25) is 0 Å². The highest BCUT2D eigenvalue weighted by atomic mass is 32.2. The zero-order valence-corrected chi connectivity index (χ0v) is 18.6. The topological polar surface area (TPSA) is 118 Å². The largest absolute Gasteiger partial charge is 0.497 e. The molecule has 0 aliphatic carbocycles. The second-order valence-electron chi connectivity index (χ2n) is 7.79. The van der Waals surface area contributed by atoms with Gasteiger partial charge in [0.1, 0.15) is 36.4 Å². The van der Waals surface area contributed by atoms with Gasteiger partial charge in [0, 0.05) is 5.41 Å². The Kier molecular flexibility index (Phi) is 6.85. The first-order chi connectivity index (χ1) is 15.4. The third-order valence-corrected chi connectivity index (χ3v) is 6.48. The molecule has 0 aromatic heterocycles. The number of thioether (sulfide) groups is 1. The minimum atomic E-state index is -1.56. The first kappa shape index (κ1) is 22.8.